The fourth-order valence-corrected chi connectivity index (χ4v) is 3.67. The van der Waals surface area contributed by atoms with Gasteiger partial charge in [-0.15, -0.1) is 0 Å². The molecule has 2 aliphatic heterocycles. The monoisotopic (exact) mass is 298 g/mol. The Balaban J connectivity index is 1.67. The van der Waals surface area contributed by atoms with E-state index in [-0.39, 0.29) is 5.41 Å². The number of piperidine rings is 2. The first-order chi connectivity index (χ1) is 10.7. The van der Waals surface area contributed by atoms with E-state index in [9.17, 15) is 4.79 Å². The highest BCUT2D eigenvalue weighted by Gasteiger charge is 2.40. The molecule has 22 heavy (non-hydrogen) atoms. The SMILES string of the molecule is CCN1CC2(CCC1=O)CCN(c1cc(C#N)ccn1)CC2. The van der Waals surface area contributed by atoms with E-state index in [0.29, 0.717) is 17.9 Å². The Morgan fingerprint density at radius 3 is 2.82 bits per heavy atom. The lowest BCUT2D eigenvalue weighted by atomic mass is 9.72. The second-order valence-electron chi connectivity index (χ2n) is 6.41. The molecule has 0 N–H and O–H groups in total. The van der Waals surface area contributed by atoms with Crippen LogP contribution in [-0.2, 0) is 4.79 Å². The van der Waals surface area contributed by atoms with Gasteiger partial charge in [-0.1, -0.05) is 0 Å². The van der Waals surface area contributed by atoms with E-state index in [0.717, 1.165) is 51.3 Å². The predicted molar refractivity (Wildman–Crippen MR) is 84.3 cm³/mol. The number of carbonyl (C=O) groups is 1. The molecule has 2 aliphatic rings. The molecule has 3 heterocycles. The van der Waals surface area contributed by atoms with Crippen LogP contribution in [0.15, 0.2) is 18.3 Å². The van der Waals surface area contributed by atoms with Crippen molar-refractivity contribution in [2.75, 3.05) is 31.1 Å². The molecule has 116 valence electrons. The zero-order valence-corrected chi connectivity index (χ0v) is 13.1. The zero-order valence-electron chi connectivity index (χ0n) is 13.1. The van der Waals surface area contributed by atoms with Crippen molar-refractivity contribution < 1.29 is 4.79 Å². The van der Waals surface area contributed by atoms with Crippen molar-refractivity contribution in [3.05, 3.63) is 23.9 Å². The van der Waals surface area contributed by atoms with Gasteiger partial charge in [0.2, 0.25) is 5.91 Å². The molecule has 0 atom stereocenters. The Kier molecular flexibility index (Phi) is 4.02. The van der Waals surface area contributed by atoms with Crippen LogP contribution in [0, 0.1) is 16.7 Å². The third-order valence-electron chi connectivity index (χ3n) is 5.15. The number of hydrogen-bond acceptors (Lipinski definition) is 4. The number of carbonyl (C=O) groups excluding carboxylic acids is 1. The molecule has 1 amide bonds. The highest BCUT2D eigenvalue weighted by molar-refractivity contribution is 5.77. The molecule has 0 radical (unpaired) electrons. The standard InChI is InChI=1S/C17H22N4O/c1-2-20-13-17(5-3-16(20)22)6-9-21(10-7-17)15-11-14(12-18)4-8-19-15/h4,8,11H,2-3,5-7,9-10,13H2,1H3. The summed E-state index contributed by atoms with van der Waals surface area (Å²) in [5.74, 6) is 1.20. The van der Waals surface area contributed by atoms with Crippen molar-refractivity contribution in [2.24, 2.45) is 5.41 Å². The second kappa shape index (κ2) is 5.96. The fraction of sp³-hybridized carbons (Fsp3) is 0.588. The summed E-state index contributed by atoms with van der Waals surface area (Å²) in [4.78, 5) is 20.6. The fourth-order valence-electron chi connectivity index (χ4n) is 3.67. The van der Waals surface area contributed by atoms with Gasteiger partial charge in [0.05, 0.1) is 11.6 Å². The molecule has 3 rings (SSSR count). The van der Waals surface area contributed by atoms with Crippen molar-refractivity contribution >= 4 is 11.7 Å². The van der Waals surface area contributed by atoms with Crippen molar-refractivity contribution in [3.8, 4) is 6.07 Å². The minimum atomic E-state index is 0.285. The average Bonchev–Trinajstić information content (AvgIpc) is 2.58. The number of nitrogens with zero attached hydrogens (tertiary/aromatic N) is 4. The molecule has 0 bridgehead atoms. The lowest BCUT2D eigenvalue weighted by Gasteiger charge is -2.47. The van der Waals surface area contributed by atoms with E-state index >= 15 is 0 Å². The van der Waals surface area contributed by atoms with E-state index < -0.39 is 0 Å². The Morgan fingerprint density at radius 1 is 1.36 bits per heavy atom. The van der Waals surface area contributed by atoms with Gasteiger partial charge in [0.15, 0.2) is 0 Å². The molecule has 0 aromatic carbocycles. The molecule has 5 nitrogen and oxygen atoms in total. The number of aromatic nitrogens is 1. The molecular weight excluding hydrogens is 276 g/mol. The van der Waals surface area contributed by atoms with Gasteiger partial charge in [-0.2, -0.15) is 5.26 Å². The maximum Gasteiger partial charge on any atom is 0.222 e. The van der Waals surface area contributed by atoms with Crippen LogP contribution >= 0.6 is 0 Å². The molecule has 2 fully saturated rings. The maximum absolute atomic E-state index is 11.9. The normalized spacial score (nSPS) is 21.0. The number of rotatable bonds is 2. The summed E-state index contributed by atoms with van der Waals surface area (Å²) in [6.07, 6.45) is 5.60. The average molecular weight is 298 g/mol. The summed E-state index contributed by atoms with van der Waals surface area (Å²) < 4.78 is 0. The maximum atomic E-state index is 11.9. The lowest BCUT2D eigenvalue weighted by molar-refractivity contribution is -0.137. The zero-order chi connectivity index (χ0) is 15.6. The van der Waals surface area contributed by atoms with E-state index in [1.54, 1.807) is 12.3 Å². The highest BCUT2D eigenvalue weighted by Crippen LogP contribution is 2.40. The molecular formula is C17H22N4O. The molecule has 1 aromatic rings. The summed E-state index contributed by atoms with van der Waals surface area (Å²) in [6.45, 7) is 5.68. The Labute approximate surface area is 131 Å². The third kappa shape index (κ3) is 2.78. The van der Waals surface area contributed by atoms with Crippen molar-refractivity contribution in [2.45, 2.75) is 32.6 Å². The van der Waals surface area contributed by atoms with Gasteiger partial charge < -0.3 is 9.80 Å². The molecule has 1 spiro atoms. The number of hydrogen-bond donors (Lipinski definition) is 0. The van der Waals surface area contributed by atoms with Gasteiger partial charge in [-0.05, 0) is 43.7 Å². The topological polar surface area (TPSA) is 60.2 Å². The Bertz CT molecular complexity index is 599. The summed E-state index contributed by atoms with van der Waals surface area (Å²) in [7, 11) is 0. The minimum absolute atomic E-state index is 0.285. The van der Waals surface area contributed by atoms with Crippen LogP contribution < -0.4 is 4.90 Å². The molecule has 0 unspecified atom stereocenters. The first kappa shape index (κ1) is 14.8. The molecule has 5 heteroatoms. The first-order valence-corrected chi connectivity index (χ1v) is 8.05. The first-order valence-electron chi connectivity index (χ1n) is 8.05. The van der Waals surface area contributed by atoms with E-state index in [1.165, 1.54) is 0 Å². The van der Waals surface area contributed by atoms with Crippen molar-refractivity contribution in [1.82, 2.24) is 9.88 Å². The smallest absolute Gasteiger partial charge is 0.222 e. The van der Waals surface area contributed by atoms with Gasteiger partial charge in [0.25, 0.3) is 0 Å². The largest absolute Gasteiger partial charge is 0.357 e. The minimum Gasteiger partial charge on any atom is -0.357 e. The van der Waals surface area contributed by atoms with Crippen LogP contribution in [0.25, 0.3) is 0 Å². The van der Waals surface area contributed by atoms with Gasteiger partial charge in [0, 0.05) is 38.8 Å². The molecule has 0 saturated carbocycles. The van der Waals surface area contributed by atoms with Crippen molar-refractivity contribution in [3.63, 3.8) is 0 Å². The van der Waals surface area contributed by atoms with Gasteiger partial charge in [-0.3, -0.25) is 4.79 Å². The summed E-state index contributed by atoms with van der Waals surface area (Å²) in [6, 6.07) is 5.77. The Hall–Kier alpha value is -2.09. The second-order valence-corrected chi connectivity index (χ2v) is 6.41. The van der Waals surface area contributed by atoms with Crippen LogP contribution in [0.2, 0.25) is 0 Å². The summed E-state index contributed by atoms with van der Waals surface area (Å²) in [5.41, 5.74) is 0.943. The van der Waals surface area contributed by atoms with Gasteiger partial charge in [0.1, 0.15) is 5.82 Å². The molecule has 1 aromatic heterocycles. The van der Waals surface area contributed by atoms with E-state index in [1.807, 2.05) is 11.0 Å². The quantitative estimate of drug-likeness (QED) is 0.839. The lowest BCUT2D eigenvalue weighted by Crippen LogP contribution is -2.51. The van der Waals surface area contributed by atoms with Gasteiger partial charge in [-0.25, -0.2) is 4.98 Å². The highest BCUT2D eigenvalue weighted by atomic mass is 16.2. The number of nitriles is 1. The summed E-state index contributed by atoms with van der Waals surface area (Å²) >= 11 is 0. The number of amides is 1. The van der Waals surface area contributed by atoms with Crippen LogP contribution in [0.4, 0.5) is 5.82 Å². The predicted octanol–water partition coefficient (Wildman–Crippen LogP) is 2.18. The third-order valence-corrected chi connectivity index (χ3v) is 5.15. The van der Waals surface area contributed by atoms with Crippen LogP contribution in [0.1, 0.15) is 38.2 Å². The van der Waals surface area contributed by atoms with Gasteiger partial charge >= 0.3 is 0 Å². The number of pyridine rings is 1. The van der Waals surface area contributed by atoms with Crippen molar-refractivity contribution in [1.29, 1.82) is 5.26 Å². The number of anilines is 1. The number of likely N-dealkylation sites (tertiary alicyclic amines) is 1. The van der Waals surface area contributed by atoms with Crippen LogP contribution in [-0.4, -0.2) is 42.0 Å². The van der Waals surface area contributed by atoms with E-state index in [4.69, 9.17) is 5.26 Å². The van der Waals surface area contributed by atoms with Crippen LogP contribution in [0.5, 0.6) is 0 Å². The Morgan fingerprint density at radius 2 is 2.14 bits per heavy atom. The summed E-state index contributed by atoms with van der Waals surface area (Å²) in [5, 5.41) is 9.01. The van der Waals surface area contributed by atoms with E-state index in [2.05, 4.69) is 22.9 Å². The molecule has 2 saturated heterocycles. The molecule has 0 aliphatic carbocycles. The van der Waals surface area contributed by atoms with Crippen LogP contribution in [0.3, 0.4) is 0 Å².